The van der Waals surface area contributed by atoms with Gasteiger partial charge >= 0.3 is 0 Å². The largest absolute Gasteiger partial charge is 0.497 e. The Morgan fingerprint density at radius 2 is 1.57 bits per heavy atom. The van der Waals surface area contributed by atoms with Gasteiger partial charge in [-0.05, 0) is 73.0 Å². The fourth-order valence-corrected chi connectivity index (χ4v) is 4.04. The van der Waals surface area contributed by atoms with Crippen molar-refractivity contribution in [3.8, 4) is 17.2 Å². The van der Waals surface area contributed by atoms with Crippen LogP contribution >= 0.6 is 23.4 Å². The van der Waals surface area contributed by atoms with Crippen molar-refractivity contribution in [2.75, 3.05) is 18.1 Å². The van der Waals surface area contributed by atoms with E-state index in [2.05, 4.69) is 4.72 Å². The monoisotopic (exact) mass is 435 g/mol. The first-order chi connectivity index (χ1) is 13.4. The van der Waals surface area contributed by atoms with Gasteiger partial charge in [0.2, 0.25) is 0 Å². The fraction of sp³-hybridized carbons (Fsp3) is 0.100. The highest BCUT2D eigenvalue weighted by atomic mass is 35.5. The van der Waals surface area contributed by atoms with Crippen molar-refractivity contribution in [2.45, 2.75) is 9.79 Å². The van der Waals surface area contributed by atoms with E-state index in [1.807, 2.05) is 6.26 Å². The Bertz CT molecular complexity index is 1050. The Hall–Kier alpha value is -2.35. The number of nitrogens with one attached hydrogen (secondary N) is 1. The molecule has 0 saturated carbocycles. The molecule has 0 heterocycles. The summed E-state index contributed by atoms with van der Waals surface area (Å²) in [6.45, 7) is 0. The molecule has 0 unspecified atom stereocenters. The molecule has 0 amide bonds. The highest BCUT2D eigenvalue weighted by molar-refractivity contribution is 7.98. The zero-order valence-electron chi connectivity index (χ0n) is 15.2. The fourth-order valence-electron chi connectivity index (χ4n) is 2.40. The molecule has 146 valence electrons. The predicted octanol–water partition coefficient (Wildman–Crippen LogP) is 5.66. The summed E-state index contributed by atoms with van der Waals surface area (Å²) in [4.78, 5) is 1.13. The second kappa shape index (κ2) is 8.77. The summed E-state index contributed by atoms with van der Waals surface area (Å²) in [5.41, 5.74) is 0.247. The topological polar surface area (TPSA) is 64.6 Å². The van der Waals surface area contributed by atoms with Crippen molar-refractivity contribution in [3.63, 3.8) is 0 Å². The van der Waals surface area contributed by atoms with Crippen molar-refractivity contribution >= 4 is 39.1 Å². The molecule has 0 saturated heterocycles. The SMILES string of the molecule is COc1ccc(Oc2ccc(Cl)cc2NS(=O)(=O)c2ccc(SC)cc2)cc1. The Kier molecular flexibility index (Phi) is 6.39. The smallest absolute Gasteiger partial charge is 0.262 e. The first-order valence-electron chi connectivity index (χ1n) is 8.19. The van der Waals surface area contributed by atoms with Gasteiger partial charge in [-0.15, -0.1) is 11.8 Å². The zero-order valence-corrected chi connectivity index (χ0v) is 17.6. The van der Waals surface area contributed by atoms with Gasteiger partial charge in [-0.1, -0.05) is 11.6 Å². The molecule has 0 aliphatic rings. The van der Waals surface area contributed by atoms with Crippen LogP contribution in [0.15, 0.2) is 76.5 Å². The van der Waals surface area contributed by atoms with Gasteiger partial charge in [-0.3, -0.25) is 4.72 Å². The number of rotatable bonds is 7. The van der Waals surface area contributed by atoms with Gasteiger partial charge in [-0.25, -0.2) is 8.42 Å². The van der Waals surface area contributed by atoms with Gasteiger partial charge in [0.1, 0.15) is 11.5 Å². The molecule has 3 rings (SSSR count). The second-order valence-electron chi connectivity index (χ2n) is 5.70. The van der Waals surface area contributed by atoms with Crippen LogP contribution in [-0.4, -0.2) is 21.8 Å². The third-order valence-corrected chi connectivity index (χ3v) is 6.20. The van der Waals surface area contributed by atoms with Crippen LogP contribution in [0.1, 0.15) is 0 Å². The lowest BCUT2D eigenvalue weighted by atomic mass is 10.3. The summed E-state index contributed by atoms with van der Waals surface area (Å²) < 4.78 is 39.1. The van der Waals surface area contributed by atoms with Crippen molar-refractivity contribution in [1.29, 1.82) is 0 Å². The molecule has 28 heavy (non-hydrogen) atoms. The lowest BCUT2D eigenvalue weighted by Crippen LogP contribution is -2.13. The van der Waals surface area contributed by atoms with Crippen LogP contribution in [0.3, 0.4) is 0 Å². The number of halogens is 1. The maximum atomic E-state index is 12.8. The number of methoxy groups -OCH3 is 1. The summed E-state index contributed by atoms with van der Waals surface area (Å²) in [6.07, 6.45) is 1.93. The number of hydrogen-bond acceptors (Lipinski definition) is 5. The summed E-state index contributed by atoms with van der Waals surface area (Å²) >= 11 is 7.60. The van der Waals surface area contributed by atoms with E-state index in [1.54, 1.807) is 67.8 Å². The molecule has 0 radical (unpaired) electrons. The van der Waals surface area contributed by atoms with Gasteiger partial charge in [-0.2, -0.15) is 0 Å². The lowest BCUT2D eigenvalue weighted by Gasteiger charge is -2.14. The van der Waals surface area contributed by atoms with E-state index in [0.717, 1.165) is 4.90 Å². The van der Waals surface area contributed by atoms with E-state index in [9.17, 15) is 8.42 Å². The normalized spacial score (nSPS) is 11.1. The number of ether oxygens (including phenoxy) is 2. The molecular formula is C20H18ClNO4S2. The Balaban J connectivity index is 1.88. The molecule has 3 aromatic rings. The molecule has 8 heteroatoms. The van der Waals surface area contributed by atoms with Gasteiger partial charge in [0.05, 0.1) is 17.7 Å². The van der Waals surface area contributed by atoms with Gasteiger partial charge in [0.15, 0.2) is 5.75 Å². The van der Waals surface area contributed by atoms with E-state index < -0.39 is 10.0 Å². The van der Waals surface area contributed by atoms with Crippen LogP contribution < -0.4 is 14.2 Å². The van der Waals surface area contributed by atoms with Crippen LogP contribution in [0, 0.1) is 0 Å². The van der Waals surface area contributed by atoms with Gasteiger partial charge in [0.25, 0.3) is 10.0 Å². The van der Waals surface area contributed by atoms with Crippen molar-refractivity contribution in [3.05, 3.63) is 71.8 Å². The number of thioether (sulfide) groups is 1. The molecular weight excluding hydrogens is 418 g/mol. The van der Waals surface area contributed by atoms with Crippen LogP contribution in [0.5, 0.6) is 17.2 Å². The van der Waals surface area contributed by atoms with Crippen LogP contribution in [0.2, 0.25) is 5.02 Å². The van der Waals surface area contributed by atoms with E-state index in [1.165, 1.54) is 17.8 Å². The predicted molar refractivity (Wildman–Crippen MR) is 114 cm³/mol. The Morgan fingerprint density at radius 3 is 2.18 bits per heavy atom. The molecule has 5 nitrogen and oxygen atoms in total. The number of sulfonamides is 1. The lowest BCUT2D eigenvalue weighted by molar-refractivity contribution is 0.413. The Morgan fingerprint density at radius 1 is 0.929 bits per heavy atom. The van der Waals surface area contributed by atoms with Crippen LogP contribution in [0.25, 0.3) is 0 Å². The standard InChI is InChI=1S/C20H18ClNO4S2/c1-25-15-4-6-16(7-5-15)26-20-12-3-14(21)13-19(20)22-28(23,24)18-10-8-17(27-2)9-11-18/h3-13,22H,1-2H3. The average molecular weight is 436 g/mol. The average Bonchev–Trinajstić information content (AvgIpc) is 2.70. The van der Waals surface area contributed by atoms with Crippen molar-refractivity contribution < 1.29 is 17.9 Å². The van der Waals surface area contributed by atoms with Crippen molar-refractivity contribution in [1.82, 2.24) is 0 Å². The number of anilines is 1. The number of benzene rings is 3. The molecule has 1 N–H and O–H groups in total. The summed E-state index contributed by atoms with van der Waals surface area (Å²) in [7, 11) is -2.22. The molecule has 0 aliphatic carbocycles. The molecule has 0 spiro atoms. The molecule has 0 bridgehead atoms. The Labute approximate surface area is 173 Å². The van der Waals surface area contributed by atoms with Gasteiger partial charge < -0.3 is 9.47 Å². The maximum Gasteiger partial charge on any atom is 0.262 e. The quantitative estimate of drug-likeness (QED) is 0.485. The summed E-state index contributed by atoms with van der Waals surface area (Å²) in [5, 5.41) is 0.387. The van der Waals surface area contributed by atoms with E-state index in [0.29, 0.717) is 22.3 Å². The van der Waals surface area contributed by atoms with Gasteiger partial charge in [0, 0.05) is 9.92 Å². The molecule has 0 fully saturated rings. The molecule has 0 aliphatic heterocycles. The second-order valence-corrected chi connectivity index (χ2v) is 8.70. The third kappa shape index (κ3) is 4.92. The minimum atomic E-state index is -3.80. The van der Waals surface area contributed by atoms with E-state index >= 15 is 0 Å². The third-order valence-electron chi connectivity index (χ3n) is 3.84. The van der Waals surface area contributed by atoms with E-state index in [-0.39, 0.29) is 10.6 Å². The molecule has 0 atom stereocenters. The van der Waals surface area contributed by atoms with Crippen LogP contribution in [0.4, 0.5) is 5.69 Å². The zero-order chi connectivity index (χ0) is 20.1. The first kappa shape index (κ1) is 20.4. The minimum absolute atomic E-state index is 0.153. The summed E-state index contributed by atoms with van der Waals surface area (Å²) in [6, 6.07) is 18.3. The van der Waals surface area contributed by atoms with E-state index in [4.69, 9.17) is 21.1 Å². The van der Waals surface area contributed by atoms with Crippen molar-refractivity contribution in [2.24, 2.45) is 0 Å². The highest BCUT2D eigenvalue weighted by Gasteiger charge is 2.17. The highest BCUT2D eigenvalue weighted by Crippen LogP contribution is 2.34. The first-order valence-corrected chi connectivity index (χ1v) is 11.3. The number of hydrogen-bond donors (Lipinski definition) is 1. The summed E-state index contributed by atoms with van der Waals surface area (Å²) in [5.74, 6) is 1.56. The molecule has 3 aromatic carbocycles. The maximum absolute atomic E-state index is 12.8. The molecule has 0 aromatic heterocycles. The minimum Gasteiger partial charge on any atom is -0.497 e. The van der Waals surface area contributed by atoms with Crippen LogP contribution in [-0.2, 0) is 10.0 Å².